The first-order chi connectivity index (χ1) is 8.69. The van der Waals surface area contributed by atoms with E-state index >= 15 is 0 Å². The van der Waals surface area contributed by atoms with Crippen molar-refractivity contribution in [3.8, 4) is 5.75 Å². The van der Waals surface area contributed by atoms with Gasteiger partial charge in [0.05, 0.1) is 12.6 Å². The number of hydrogen-bond donors (Lipinski definition) is 1. The minimum Gasteiger partial charge on any atom is -0.494 e. The topological polar surface area (TPSA) is 62.3 Å². The largest absolute Gasteiger partial charge is 0.494 e. The highest BCUT2D eigenvalue weighted by atomic mass is 16.5. The normalized spacial score (nSPS) is 12.8. The van der Waals surface area contributed by atoms with Gasteiger partial charge in [-0.2, -0.15) is 0 Å². The van der Waals surface area contributed by atoms with Crippen molar-refractivity contribution in [1.29, 1.82) is 0 Å². The molecule has 0 aliphatic carbocycles. The first kappa shape index (κ1) is 12.7. The third-order valence-corrected chi connectivity index (χ3v) is 3.11. The maximum atomic E-state index is 6.01. The first-order valence-electron chi connectivity index (χ1n) is 5.98. The standard InChI is InChI=1S/C13H19N3O2/c1-9(7-8-17-2)16-10-5-4-6-11(18-3)12(10)15-13(16)14/h4-6,9H,7-8H2,1-3H3,(H2,14,15). The van der Waals surface area contributed by atoms with Gasteiger partial charge in [0.2, 0.25) is 5.95 Å². The van der Waals surface area contributed by atoms with Gasteiger partial charge in [-0.1, -0.05) is 6.07 Å². The average Bonchev–Trinajstić information content (AvgIpc) is 2.71. The molecule has 0 bridgehead atoms. The fourth-order valence-electron chi connectivity index (χ4n) is 2.15. The molecule has 1 atom stereocenters. The summed E-state index contributed by atoms with van der Waals surface area (Å²) in [4.78, 5) is 4.39. The average molecular weight is 249 g/mol. The molecule has 0 aliphatic heterocycles. The summed E-state index contributed by atoms with van der Waals surface area (Å²) in [6.07, 6.45) is 0.892. The summed E-state index contributed by atoms with van der Waals surface area (Å²) >= 11 is 0. The highest BCUT2D eigenvalue weighted by Crippen LogP contribution is 2.30. The number of hydrogen-bond acceptors (Lipinski definition) is 4. The van der Waals surface area contributed by atoms with E-state index in [1.54, 1.807) is 14.2 Å². The minimum atomic E-state index is 0.238. The monoisotopic (exact) mass is 249 g/mol. The summed E-state index contributed by atoms with van der Waals surface area (Å²) < 4.78 is 12.4. The number of nitrogens with two attached hydrogens (primary N) is 1. The molecule has 2 rings (SSSR count). The number of nitrogen functional groups attached to an aromatic ring is 1. The molecule has 1 heterocycles. The number of benzene rings is 1. The highest BCUT2D eigenvalue weighted by molar-refractivity contribution is 5.84. The maximum Gasteiger partial charge on any atom is 0.201 e. The summed E-state index contributed by atoms with van der Waals surface area (Å²) in [7, 11) is 3.34. The van der Waals surface area contributed by atoms with Gasteiger partial charge in [-0.3, -0.25) is 0 Å². The molecule has 5 nitrogen and oxygen atoms in total. The molecule has 2 N–H and O–H groups in total. The molecule has 0 amide bonds. The van der Waals surface area contributed by atoms with E-state index in [1.807, 2.05) is 22.8 Å². The van der Waals surface area contributed by atoms with Gasteiger partial charge in [0.1, 0.15) is 11.3 Å². The zero-order valence-corrected chi connectivity index (χ0v) is 11.0. The van der Waals surface area contributed by atoms with Crippen molar-refractivity contribution in [3.05, 3.63) is 18.2 Å². The van der Waals surface area contributed by atoms with Crippen LogP contribution in [0.15, 0.2) is 18.2 Å². The van der Waals surface area contributed by atoms with Crippen LogP contribution in [0.25, 0.3) is 11.0 Å². The number of rotatable bonds is 5. The lowest BCUT2D eigenvalue weighted by atomic mass is 10.2. The lowest BCUT2D eigenvalue weighted by Gasteiger charge is -2.15. The number of ether oxygens (including phenoxy) is 2. The van der Waals surface area contributed by atoms with Crippen LogP contribution in [0.4, 0.5) is 5.95 Å². The summed E-state index contributed by atoms with van der Waals surface area (Å²) in [6, 6.07) is 6.08. The van der Waals surface area contributed by atoms with E-state index < -0.39 is 0 Å². The Morgan fingerprint density at radius 1 is 1.39 bits per heavy atom. The molecule has 1 aromatic heterocycles. The second-order valence-electron chi connectivity index (χ2n) is 4.30. The van der Waals surface area contributed by atoms with E-state index in [4.69, 9.17) is 15.2 Å². The Balaban J connectivity index is 2.47. The number of nitrogens with zero attached hydrogens (tertiary/aromatic N) is 2. The summed E-state index contributed by atoms with van der Waals surface area (Å²) in [5.74, 6) is 1.26. The molecule has 1 aromatic carbocycles. The molecular weight excluding hydrogens is 230 g/mol. The Kier molecular flexibility index (Phi) is 3.72. The maximum absolute atomic E-state index is 6.01. The predicted molar refractivity (Wildman–Crippen MR) is 71.9 cm³/mol. The summed E-state index contributed by atoms with van der Waals surface area (Å²) in [6.45, 7) is 2.81. The number of anilines is 1. The van der Waals surface area contributed by atoms with E-state index in [1.165, 1.54) is 0 Å². The Morgan fingerprint density at radius 3 is 2.83 bits per heavy atom. The van der Waals surface area contributed by atoms with Crippen molar-refractivity contribution in [1.82, 2.24) is 9.55 Å². The molecule has 0 aliphatic rings. The van der Waals surface area contributed by atoms with E-state index in [9.17, 15) is 0 Å². The van der Waals surface area contributed by atoms with Crippen molar-refractivity contribution in [3.63, 3.8) is 0 Å². The fourth-order valence-corrected chi connectivity index (χ4v) is 2.15. The molecule has 2 aromatic rings. The Bertz CT molecular complexity index is 536. The lowest BCUT2D eigenvalue weighted by Crippen LogP contribution is -2.10. The molecule has 1 unspecified atom stereocenters. The SMILES string of the molecule is COCCC(C)n1c(N)nc2c(OC)cccc21. The number of methoxy groups -OCH3 is 2. The molecule has 98 valence electrons. The molecule has 0 saturated carbocycles. The smallest absolute Gasteiger partial charge is 0.201 e. The lowest BCUT2D eigenvalue weighted by molar-refractivity contribution is 0.182. The zero-order valence-electron chi connectivity index (χ0n) is 11.0. The summed E-state index contributed by atoms with van der Waals surface area (Å²) in [5, 5.41) is 0. The van der Waals surface area contributed by atoms with Gasteiger partial charge in [-0.25, -0.2) is 4.98 Å². The number of para-hydroxylation sites is 1. The third kappa shape index (κ3) is 2.13. The fraction of sp³-hybridized carbons (Fsp3) is 0.462. The van der Waals surface area contributed by atoms with Gasteiger partial charge in [0.25, 0.3) is 0 Å². The Labute approximate surface area is 107 Å². The van der Waals surface area contributed by atoms with Gasteiger partial charge < -0.3 is 19.8 Å². The van der Waals surface area contributed by atoms with Crippen LogP contribution in [0.2, 0.25) is 0 Å². The van der Waals surface area contributed by atoms with Gasteiger partial charge in [-0.15, -0.1) is 0 Å². The van der Waals surface area contributed by atoms with Crippen LogP contribution in [-0.4, -0.2) is 30.4 Å². The molecule has 5 heteroatoms. The van der Waals surface area contributed by atoms with Crippen molar-refractivity contribution < 1.29 is 9.47 Å². The quantitative estimate of drug-likeness (QED) is 0.882. The number of aromatic nitrogens is 2. The van der Waals surface area contributed by atoms with Crippen LogP contribution < -0.4 is 10.5 Å². The van der Waals surface area contributed by atoms with Crippen LogP contribution in [0, 0.1) is 0 Å². The zero-order chi connectivity index (χ0) is 13.1. The molecule has 0 saturated heterocycles. The highest BCUT2D eigenvalue weighted by Gasteiger charge is 2.16. The van der Waals surface area contributed by atoms with Gasteiger partial charge in [0, 0.05) is 19.8 Å². The van der Waals surface area contributed by atoms with Crippen molar-refractivity contribution in [2.24, 2.45) is 0 Å². The van der Waals surface area contributed by atoms with E-state index in [0.29, 0.717) is 12.6 Å². The van der Waals surface area contributed by atoms with Crippen LogP contribution in [-0.2, 0) is 4.74 Å². The summed E-state index contributed by atoms with van der Waals surface area (Å²) in [5.41, 5.74) is 7.81. The van der Waals surface area contributed by atoms with E-state index in [0.717, 1.165) is 23.2 Å². The van der Waals surface area contributed by atoms with Crippen molar-refractivity contribution in [2.45, 2.75) is 19.4 Å². The van der Waals surface area contributed by atoms with E-state index in [-0.39, 0.29) is 6.04 Å². The Hall–Kier alpha value is -1.75. The van der Waals surface area contributed by atoms with Gasteiger partial charge in [0.15, 0.2) is 0 Å². The van der Waals surface area contributed by atoms with Gasteiger partial charge >= 0.3 is 0 Å². The van der Waals surface area contributed by atoms with E-state index in [2.05, 4.69) is 11.9 Å². The second kappa shape index (κ2) is 5.27. The van der Waals surface area contributed by atoms with Crippen molar-refractivity contribution >= 4 is 17.0 Å². The molecule has 18 heavy (non-hydrogen) atoms. The van der Waals surface area contributed by atoms with Crippen molar-refractivity contribution in [2.75, 3.05) is 26.6 Å². The minimum absolute atomic E-state index is 0.238. The Morgan fingerprint density at radius 2 is 2.17 bits per heavy atom. The molecular formula is C13H19N3O2. The van der Waals surface area contributed by atoms with Gasteiger partial charge in [-0.05, 0) is 25.5 Å². The predicted octanol–water partition coefficient (Wildman–Crippen LogP) is 2.22. The van der Waals surface area contributed by atoms with Crippen LogP contribution >= 0.6 is 0 Å². The second-order valence-corrected chi connectivity index (χ2v) is 4.30. The number of fused-ring (bicyclic) bond motifs is 1. The number of imidazole rings is 1. The molecule has 0 spiro atoms. The van der Waals surface area contributed by atoms with Crippen LogP contribution in [0.5, 0.6) is 5.75 Å². The van der Waals surface area contributed by atoms with Crippen LogP contribution in [0.3, 0.4) is 0 Å². The third-order valence-electron chi connectivity index (χ3n) is 3.11. The van der Waals surface area contributed by atoms with Crippen LogP contribution in [0.1, 0.15) is 19.4 Å². The molecule has 0 radical (unpaired) electrons. The first-order valence-corrected chi connectivity index (χ1v) is 5.98. The molecule has 0 fully saturated rings.